The van der Waals surface area contributed by atoms with E-state index in [-0.39, 0.29) is 0 Å². The molecule has 0 radical (unpaired) electrons. The number of allylic oxidation sites excluding steroid dienone is 3. The predicted octanol–water partition coefficient (Wildman–Crippen LogP) is 1.71. The zero-order chi connectivity index (χ0) is 7.98. The minimum atomic E-state index is 0.913. The molecule has 0 aromatic carbocycles. The van der Waals surface area contributed by atoms with Gasteiger partial charge in [-0.05, 0) is 19.9 Å². The molecule has 0 spiro atoms. The summed E-state index contributed by atoms with van der Waals surface area (Å²) in [5.41, 5.74) is 1.05. The van der Waals surface area contributed by atoms with E-state index in [9.17, 15) is 0 Å². The van der Waals surface area contributed by atoms with Crippen molar-refractivity contribution in [3.8, 4) is 0 Å². The Labute approximate surface area is 62.4 Å². The number of aliphatic imine (C=N–C) groups is 1. The highest BCUT2D eigenvalue weighted by Crippen LogP contribution is 1.86. The lowest BCUT2D eigenvalue weighted by atomic mass is 10.4. The zero-order valence-electron chi connectivity index (χ0n) is 6.81. The van der Waals surface area contributed by atoms with Crippen LogP contribution in [0.15, 0.2) is 29.4 Å². The average Bonchev–Trinajstić information content (AvgIpc) is 1.88. The molecule has 0 aromatic rings. The second-order valence-corrected chi connectivity index (χ2v) is 2.02. The van der Waals surface area contributed by atoms with Crippen LogP contribution in [-0.4, -0.2) is 12.9 Å². The normalized spacial score (nSPS) is 13.1. The molecule has 0 saturated heterocycles. The summed E-state index contributed by atoms with van der Waals surface area (Å²) >= 11 is 0. The van der Waals surface area contributed by atoms with Gasteiger partial charge in [0, 0.05) is 12.7 Å². The second kappa shape index (κ2) is 4.79. The molecule has 0 aliphatic rings. The molecule has 2 heteroatoms. The first-order valence-electron chi connectivity index (χ1n) is 3.20. The molecule has 0 aliphatic heterocycles. The van der Waals surface area contributed by atoms with Gasteiger partial charge in [0.05, 0.1) is 5.84 Å². The van der Waals surface area contributed by atoms with Gasteiger partial charge in [-0.15, -0.1) is 0 Å². The van der Waals surface area contributed by atoms with Crippen LogP contribution in [-0.2, 0) is 0 Å². The standard InChI is InChI=1S/C8H14N2/c1-5-6-7(2)10-8(3)9-4/h5-6H,1H2,2-4H3,(H,9,10)/b7-6-. The van der Waals surface area contributed by atoms with Gasteiger partial charge >= 0.3 is 0 Å². The van der Waals surface area contributed by atoms with E-state index in [2.05, 4.69) is 16.9 Å². The molecular formula is C8H14N2. The van der Waals surface area contributed by atoms with Gasteiger partial charge < -0.3 is 5.32 Å². The molecule has 0 unspecified atom stereocenters. The Balaban J connectivity index is 3.90. The van der Waals surface area contributed by atoms with Crippen molar-refractivity contribution < 1.29 is 0 Å². The van der Waals surface area contributed by atoms with Crippen molar-refractivity contribution in [1.82, 2.24) is 5.32 Å². The average molecular weight is 138 g/mol. The highest BCUT2D eigenvalue weighted by molar-refractivity contribution is 5.80. The molecule has 0 aromatic heterocycles. The van der Waals surface area contributed by atoms with Crippen LogP contribution in [0.25, 0.3) is 0 Å². The molecule has 0 saturated carbocycles. The van der Waals surface area contributed by atoms with Crippen molar-refractivity contribution >= 4 is 5.84 Å². The van der Waals surface area contributed by atoms with E-state index in [1.807, 2.05) is 19.9 Å². The summed E-state index contributed by atoms with van der Waals surface area (Å²) in [6.07, 6.45) is 3.64. The topological polar surface area (TPSA) is 24.4 Å². The van der Waals surface area contributed by atoms with Gasteiger partial charge in [0.25, 0.3) is 0 Å². The Morgan fingerprint density at radius 2 is 2.10 bits per heavy atom. The summed E-state index contributed by atoms with van der Waals surface area (Å²) in [6.45, 7) is 7.46. The molecular weight excluding hydrogens is 124 g/mol. The Hall–Kier alpha value is -1.05. The van der Waals surface area contributed by atoms with Crippen LogP contribution < -0.4 is 5.32 Å². The summed E-state index contributed by atoms with van der Waals surface area (Å²) in [4.78, 5) is 3.94. The van der Waals surface area contributed by atoms with Gasteiger partial charge in [0.15, 0.2) is 0 Å². The summed E-state index contributed by atoms with van der Waals surface area (Å²) in [7, 11) is 1.75. The molecule has 0 atom stereocenters. The van der Waals surface area contributed by atoms with Crippen LogP contribution in [0.1, 0.15) is 13.8 Å². The van der Waals surface area contributed by atoms with E-state index < -0.39 is 0 Å². The largest absolute Gasteiger partial charge is 0.348 e. The minimum absolute atomic E-state index is 0.913. The third-order valence-corrected chi connectivity index (χ3v) is 1.08. The van der Waals surface area contributed by atoms with Crippen LogP contribution in [0.4, 0.5) is 0 Å². The Morgan fingerprint density at radius 1 is 1.50 bits per heavy atom. The zero-order valence-corrected chi connectivity index (χ0v) is 6.81. The number of hydrogen-bond acceptors (Lipinski definition) is 1. The maximum Gasteiger partial charge on any atom is 0.0969 e. The molecule has 56 valence electrons. The van der Waals surface area contributed by atoms with Crippen LogP contribution in [0.5, 0.6) is 0 Å². The molecule has 0 rings (SSSR count). The van der Waals surface area contributed by atoms with E-state index in [0.29, 0.717) is 0 Å². The molecule has 0 heterocycles. The Kier molecular flexibility index (Phi) is 4.29. The molecule has 10 heavy (non-hydrogen) atoms. The summed E-state index contributed by atoms with van der Waals surface area (Å²) in [6, 6.07) is 0. The molecule has 0 fully saturated rings. The molecule has 2 nitrogen and oxygen atoms in total. The first-order valence-corrected chi connectivity index (χ1v) is 3.20. The quantitative estimate of drug-likeness (QED) is 0.350. The fraction of sp³-hybridized carbons (Fsp3) is 0.375. The lowest BCUT2D eigenvalue weighted by molar-refractivity contribution is 1.09. The third kappa shape index (κ3) is 3.89. The van der Waals surface area contributed by atoms with Crippen LogP contribution >= 0.6 is 0 Å². The van der Waals surface area contributed by atoms with Gasteiger partial charge in [0.2, 0.25) is 0 Å². The molecule has 0 aliphatic carbocycles. The number of nitrogens with zero attached hydrogens (tertiary/aromatic N) is 1. The highest BCUT2D eigenvalue weighted by atomic mass is 15.0. The van der Waals surface area contributed by atoms with Crippen molar-refractivity contribution in [3.05, 3.63) is 24.4 Å². The van der Waals surface area contributed by atoms with E-state index in [1.54, 1.807) is 13.1 Å². The fourth-order valence-corrected chi connectivity index (χ4v) is 0.560. The Morgan fingerprint density at radius 3 is 2.50 bits per heavy atom. The third-order valence-electron chi connectivity index (χ3n) is 1.08. The number of amidine groups is 1. The monoisotopic (exact) mass is 138 g/mol. The van der Waals surface area contributed by atoms with Gasteiger partial charge in [-0.2, -0.15) is 0 Å². The predicted molar refractivity (Wildman–Crippen MR) is 46.1 cm³/mol. The van der Waals surface area contributed by atoms with Crippen molar-refractivity contribution in [3.63, 3.8) is 0 Å². The van der Waals surface area contributed by atoms with Gasteiger partial charge in [-0.25, -0.2) is 0 Å². The Bertz CT molecular complexity index is 166. The molecule has 0 bridgehead atoms. The van der Waals surface area contributed by atoms with E-state index in [0.717, 1.165) is 11.5 Å². The first-order chi connectivity index (χ1) is 4.70. The SMILES string of the molecule is C=C/C=C(/C)NC(C)=NC. The number of hydrogen-bond donors (Lipinski definition) is 1. The van der Waals surface area contributed by atoms with E-state index in [4.69, 9.17) is 0 Å². The van der Waals surface area contributed by atoms with Crippen LogP contribution in [0.2, 0.25) is 0 Å². The number of nitrogens with one attached hydrogen (secondary N) is 1. The second-order valence-electron chi connectivity index (χ2n) is 2.02. The van der Waals surface area contributed by atoms with Crippen molar-refractivity contribution in [1.29, 1.82) is 0 Å². The lowest BCUT2D eigenvalue weighted by Gasteiger charge is -2.02. The number of rotatable bonds is 2. The summed E-state index contributed by atoms with van der Waals surface area (Å²) in [5, 5.41) is 3.07. The fourth-order valence-electron chi connectivity index (χ4n) is 0.560. The van der Waals surface area contributed by atoms with Crippen LogP contribution in [0.3, 0.4) is 0 Å². The van der Waals surface area contributed by atoms with E-state index in [1.165, 1.54) is 0 Å². The van der Waals surface area contributed by atoms with Crippen molar-refractivity contribution in [2.45, 2.75) is 13.8 Å². The van der Waals surface area contributed by atoms with Gasteiger partial charge in [-0.1, -0.05) is 12.7 Å². The minimum Gasteiger partial charge on any atom is -0.348 e. The van der Waals surface area contributed by atoms with E-state index >= 15 is 0 Å². The summed E-state index contributed by atoms with van der Waals surface area (Å²) < 4.78 is 0. The maximum atomic E-state index is 3.94. The van der Waals surface area contributed by atoms with Crippen molar-refractivity contribution in [2.24, 2.45) is 4.99 Å². The smallest absolute Gasteiger partial charge is 0.0969 e. The highest BCUT2D eigenvalue weighted by Gasteiger charge is 1.86. The maximum absolute atomic E-state index is 3.94. The molecule has 1 N–H and O–H groups in total. The summed E-state index contributed by atoms with van der Waals surface area (Å²) in [5.74, 6) is 0.913. The van der Waals surface area contributed by atoms with Crippen LogP contribution in [0, 0.1) is 0 Å². The first kappa shape index (κ1) is 8.95. The van der Waals surface area contributed by atoms with Gasteiger partial charge in [-0.3, -0.25) is 4.99 Å². The lowest BCUT2D eigenvalue weighted by Crippen LogP contribution is -2.17. The van der Waals surface area contributed by atoms with Crippen molar-refractivity contribution in [2.75, 3.05) is 7.05 Å². The van der Waals surface area contributed by atoms with Gasteiger partial charge in [0.1, 0.15) is 0 Å². The molecule has 0 amide bonds.